The molecule has 1 atom stereocenters. The van der Waals surface area contributed by atoms with Crippen molar-refractivity contribution in [3.05, 3.63) is 53.6 Å². The molecule has 0 aliphatic rings. The molecule has 0 saturated carbocycles. The largest absolute Gasteiger partial charge is 0.497 e. The van der Waals surface area contributed by atoms with Crippen molar-refractivity contribution in [3.8, 4) is 17.2 Å². The Balaban J connectivity index is 1.82. The van der Waals surface area contributed by atoms with Gasteiger partial charge in [0.2, 0.25) is 0 Å². The maximum atomic E-state index is 5.92. The van der Waals surface area contributed by atoms with Crippen LogP contribution in [0.4, 0.5) is 0 Å². The molecule has 146 valence electrons. The van der Waals surface area contributed by atoms with E-state index in [1.165, 1.54) is 0 Å². The molecule has 2 aromatic carbocycles. The van der Waals surface area contributed by atoms with E-state index in [0.717, 1.165) is 34.3 Å². The Morgan fingerprint density at radius 1 is 1.04 bits per heavy atom. The van der Waals surface area contributed by atoms with Crippen LogP contribution < -0.4 is 24.8 Å². The Kier molecular flexibility index (Phi) is 7.79. The Hall–Kier alpha value is -2.89. The standard InChI is InChI=1S/C21H29N3O3/c1-15-9-10-17(11-20(15)26-5)14-24-21(22-3)23-13-16(2)27-19-8-6-7-18(12-19)25-4/h6-12,16H,13-14H2,1-5H3,(H2,22,23,24). The molecule has 0 radical (unpaired) electrons. The van der Waals surface area contributed by atoms with E-state index in [1.807, 2.05) is 44.2 Å². The summed E-state index contributed by atoms with van der Waals surface area (Å²) in [6, 6.07) is 13.7. The highest BCUT2D eigenvalue weighted by Gasteiger charge is 2.07. The quantitative estimate of drug-likeness (QED) is 0.551. The normalized spacial score (nSPS) is 12.3. The third-order valence-electron chi connectivity index (χ3n) is 4.09. The van der Waals surface area contributed by atoms with Crippen LogP contribution in [0.1, 0.15) is 18.1 Å². The average molecular weight is 371 g/mol. The summed E-state index contributed by atoms with van der Waals surface area (Å²) < 4.78 is 16.5. The number of benzene rings is 2. The van der Waals surface area contributed by atoms with Crippen molar-refractivity contribution in [3.63, 3.8) is 0 Å². The van der Waals surface area contributed by atoms with E-state index in [4.69, 9.17) is 14.2 Å². The van der Waals surface area contributed by atoms with E-state index in [9.17, 15) is 0 Å². The first-order valence-electron chi connectivity index (χ1n) is 8.94. The van der Waals surface area contributed by atoms with Crippen molar-refractivity contribution in [2.45, 2.75) is 26.5 Å². The molecule has 0 amide bonds. The van der Waals surface area contributed by atoms with Crippen molar-refractivity contribution in [1.82, 2.24) is 10.6 Å². The lowest BCUT2D eigenvalue weighted by atomic mass is 10.1. The maximum Gasteiger partial charge on any atom is 0.191 e. The number of nitrogens with one attached hydrogen (secondary N) is 2. The summed E-state index contributed by atoms with van der Waals surface area (Å²) in [6.45, 7) is 5.31. The van der Waals surface area contributed by atoms with Crippen molar-refractivity contribution < 1.29 is 14.2 Å². The highest BCUT2D eigenvalue weighted by atomic mass is 16.5. The predicted molar refractivity (Wildman–Crippen MR) is 109 cm³/mol. The molecule has 2 rings (SSSR count). The van der Waals surface area contributed by atoms with Gasteiger partial charge in [0.05, 0.1) is 20.8 Å². The third kappa shape index (κ3) is 6.40. The molecule has 0 heterocycles. The van der Waals surface area contributed by atoms with Crippen LogP contribution in [0.3, 0.4) is 0 Å². The second kappa shape index (κ2) is 10.3. The van der Waals surface area contributed by atoms with E-state index in [-0.39, 0.29) is 6.10 Å². The van der Waals surface area contributed by atoms with Gasteiger partial charge in [0.15, 0.2) is 5.96 Å². The Labute approximate surface area is 161 Å². The number of hydrogen-bond acceptors (Lipinski definition) is 4. The minimum atomic E-state index is -0.0323. The summed E-state index contributed by atoms with van der Waals surface area (Å²) in [5.74, 6) is 3.16. The first-order chi connectivity index (χ1) is 13.0. The minimum absolute atomic E-state index is 0.0323. The molecule has 0 spiro atoms. The van der Waals surface area contributed by atoms with Gasteiger partial charge in [-0.2, -0.15) is 0 Å². The van der Waals surface area contributed by atoms with Gasteiger partial charge < -0.3 is 24.8 Å². The molecular weight excluding hydrogens is 342 g/mol. The molecule has 0 aliphatic heterocycles. The molecule has 2 N–H and O–H groups in total. The lowest BCUT2D eigenvalue weighted by Gasteiger charge is -2.18. The van der Waals surface area contributed by atoms with Gasteiger partial charge in [-0.1, -0.05) is 18.2 Å². The monoisotopic (exact) mass is 371 g/mol. The fraction of sp³-hybridized carbons (Fsp3) is 0.381. The van der Waals surface area contributed by atoms with Gasteiger partial charge in [-0.05, 0) is 43.2 Å². The van der Waals surface area contributed by atoms with Crippen LogP contribution >= 0.6 is 0 Å². The SMILES string of the molecule is CN=C(NCc1ccc(C)c(OC)c1)NCC(C)Oc1cccc(OC)c1. The Morgan fingerprint density at radius 2 is 1.81 bits per heavy atom. The number of hydrogen-bond donors (Lipinski definition) is 2. The van der Waals surface area contributed by atoms with Crippen LogP contribution in [-0.2, 0) is 6.54 Å². The zero-order valence-corrected chi connectivity index (χ0v) is 16.7. The smallest absolute Gasteiger partial charge is 0.191 e. The van der Waals surface area contributed by atoms with Crippen molar-refractivity contribution >= 4 is 5.96 Å². The van der Waals surface area contributed by atoms with Crippen LogP contribution in [0.25, 0.3) is 0 Å². The molecule has 0 fully saturated rings. The van der Waals surface area contributed by atoms with Crippen LogP contribution in [0, 0.1) is 6.92 Å². The molecule has 0 bridgehead atoms. The molecule has 6 nitrogen and oxygen atoms in total. The molecule has 0 aliphatic carbocycles. The van der Waals surface area contributed by atoms with Crippen LogP contribution in [0.15, 0.2) is 47.5 Å². The molecule has 1 unspecified atom stereocenters. The summed E-state index contributed by atoms with van der Waals surface area (Å²) in [6.07, 6.45) is -0.0323. The average Bonchev–Trinajstić information content (AvgIpc) is 2.69. The van der Waals surface area contributed by atoms with E-state index in [0.29, 0.717) is 13.1 Å². The first-order valence-corrected chi connectivity index (χ1v) is 8.94. The Morgan fingerprint density at radius 3 is 2.52 bits per heavy atom. The highest BCUT2D eigenvalue weighted by molar-refractivity contribution is 5.79. The van der Waals surface area contributed by atoms with Crippen molar-refractivity contribution in [2.75, 3.05) is 27.8 Å². The molecule has 0 saturated heterocycles. The molecule has 0 aromatic heterocycles. The third-order valence-corrected chi connectivity index (χ3v) is 4.09. The van der Waals surface area contributed by atoms with Gasteiger partial charge in [-0.25, -0.2) is 0 Å². The van der Waals surface area contributed by atoms with Gasteiger partial charge in [0.1, 0.15) is 23.4 Å². The number of guanidine groups is 1. The number of aliphatic imine (C=N–C) groups is 1. The second-order valence-electron chi connectivity index (χ2n) is 6.22. The van der Waals surface area contributed by atoms with E-state index >= 15 is 0 Å². The molecule has 6 heteroatoms. The maximum absolute atomic E-state index is 5.92. The van der Waals surface area contributed by atoms with Crippen molar-refractivity contribution in [1.29, 1.82) is 0 Å². The second-order valence-corrected chi connectivity index (χ2v) is 6.22. The van der Waals surface area contributed by atoms with Crippen LogP contribution in [0.2, 0.25) is 0 Å². The molecular formula is C21H29N3O3. The minimum Gasteiger partial charge on any atom is -0.497 e. The van der Waals surface area contributed by atoms with Gasteiger partial charge >= 0.3 is 0 Å². The summed E-state index contributed by atoms with van der Waals surface area (Å²) >= 11 is 0. The lowest BCUT2D eigenvalue weighted by molar-refractivity contribution is 0.223. The van der Waals surface area contributed by atoms with E-state index < -0.39 is 0 Å². The number of nitrogens with zero attached hydrogens (tertiary/aromatic N) is 1. The number of rotatable bonds is 8. The summed E-state index contributed by atoms with van der Waals surface area (Å²) in [5.41, 5.74) is 2.24. The highest BCUT2D eigenvalue weighted by Crippen LogP contribution is 2.20. The zero-order valence-electron chi connectivity index (χ0n) is 16.7. The van der Waals surface area contributed by atoms with E-state index in [1.54, 1.807) is 21.3 Å². The van der Waals surface area contributed by atoms with Gasteiger partial charge in [0, 0.05) is 19.7 Å². The number of aryl methyl sites for hydroxylation is 1. The first kappa shape index (κ1) is 20.4. The van der Waals surface area contributed by atoms with Crippen molar-refractivity contribution in [2.24, 2.45) is 4.99 Å². The fourth-order valence-electron chi connectivity index (χ4n) is 2.57. The zero-order chi connectivity index (χ0) is 19.6. The lowest BCUT2D eigenvalue weighted by Crippen LogP contribution is -2.41. The number of methoxy groups -OCH3 is 2. The summed E-state index contributed by atoms with van der Waals surface area (Å²) in [7, 11) is 5.08. The topological polar surface area (TPSA) is 64.1 Å². The Bertz CT molecular complexity index is 762. The van der Waals surface area contributed by atoms with Crippen LogP contribution in [0.5, 0.6) is 17.2 Å². The fourth-order valence-corrected chi connectivity index (χ4v) is 2.57. The molecule has 2 aromatic rings. The number of ether oxygens (including phenoxy) is 3. The van der Waals surface area contributed by atoms with Crippen LogP contribution in [-0.4, -0.2) is 39.9 Å². The summed E-state index contributed by atoms with van der Waals surface area (Å²) in [5, 5.41) is 6.58. The van der Waals surface area contributed by atoms with Gasteiger partial charge in [-0.15, -0.1) is 0 Å². The molecule has 27 heavy (non-hydrogen) atoms. The van der Waals surface area contributed by atoms with Gasteiger partial charge in [0.25, 0.3) is 0 Å². The predicted octanol–water partition coefficient (Wildman–Crippen LogP) is 3.14. The summed E-state index contributed by atoms with van der Waals surface area (Å²) in [4.78, 5) is 4.26. The van der Waals surface area contributed by atoms with E-state index in [2.05, 4.69) is 27.8 Å². The van der Waals surface area contributed by atoms with Gasteiger partial charge in [-0.3, -0.25) is 4.99 Å².